The molecule has 14 heavy (non-hydrogen) atoms. The molecule has 0 aliphatic heterocycles. The Morgan fingerprint density at radius 1 is 1.00 bits per heavy atom. The summed E-state index contributed by atoms with van der Waals surface area (Å²) in [6, 6.07) is 6.66. The quantitative estimate of drug-likeness (QED) is 0.723. The topological polar surface area (TPSA) is 26.0 Å². The molecule has 1 atom stereocenters. The van der Waals surface area contributed by atoms with Crippen LogP contribution >= 0.6 is 0 Å². The molecule has 0 bridgehead atoms. The van der Waals surface area contributed by atoms with Crippen molar-refractivity contribution in [2.45, 2.75) is 40.7 Å². The lowest BCUT2D eigenvalue weighted by Gasteiger charge is -2.28. The van der Waals surface area contributed by atoms with E-state index in [0.29, 0.717) is 0 Å². The van der Waals surface area contributed by atoms with E-state index in [2.05, 4.69) is 52.8 Å². The van der Waals surface area contributed by atoms with Crippen LogP contribution in [0.3, 0.4) is 0 Å². The zero-order valence-corrected chi connectivity index (χ0v) is 9.89. The van der Waals surface area contributed by atoms with Gasteiger partial charge in [-0.3, -0.25) is 0 Å². The lowest BCUT2D eigenvalue weighted by atomic mass is 9.82. The van der Waals surface area contributed by atoms with E-state index in [4.69, 9.17) is 5.73 Å². The second-order valence-corrected chi connectivity index (χ2v) is 5.26. The summed E-state index contributed by atoms with van der Waals surface area (Å²) >= 11 is 0. The molecule has 0 spiro atoms. The van der Waals surface area contributed by atoms with E-state index in [1.807, 2.05) is 0 Å². The van der Waals surface area contributed by atoms with Gasteiger partial charge in [0.05, 0.1) is 0 Å². The zero-order chi connectivity index (χ0) is 10.9. The minimum absolute atomic E-state index is 0.112. The molecule has 0 aromatic heterocycles. The van der Waals surface area contributed by atoms with Crippen LogP contribution in [0.25, 0.3) is 0 Å². The smallest absolute Gasteiger partial charge is 0.0344 e. The monoisotopic (exact) mass is 191 g/mol. The molecule has 0 unspecified atom stereocenters. The highest BCUT2D eigenvalue weighted by Gasteiger charge is 2.22. The maximum atomic E-state index is 6.21. The van der Waals surface area contributed by atoms with Gasteiger partial charge in [-0.05, 0) is 24.8 Å². The van der Waals surface area contributed by atoms with E-state index < -0.39 is 0 Å². The van der Waals surface area contributed by atoms with Crippen molar-refractivity contribution in [3.8, 4) is 0 Å². The van der Waals surface area contributed by atoms with Gasteiger partial charge in [-0.1, -0.05) is 50.1 Å². The summed E-state index contributed by atoms with van der Waals surface area (Å²) in [4.78, 5) is 0. The molecule has 0 aliphatic carbocycles. The van der Waals surface area contributed by atoms with E-state index in [0.717, 1.165) is 0 Å². The first-order chi connectivity index (χ1) is 6.30. The van der Waals surface area contributed by atoms with Gasteiger partial charge in [0, 0.05) is 6.04 Å². The first-order valence-electron chi connectivity index (χ1n) is 5.14. The lowest BCUT2D eigenvalue weighted by Crippen LogP contribution is -2.26. The van der Waals surface area contributed by atoms with Crippen molar-refractivity contribution in [2.24, 2.45) is 11.1 Å². The number of aryl methyl sites for hydroxylation is 2. The highest BCUT2D eigenvalue weighted by molar-refractivity contribution is 5.31. The van der Waals surface area contributed by atoms with Crippen LogP contribution < -0.4 is 5.73 Å². The van der Waals surface area contributed by atoms with Crippen LogP contribution in [0.2, 0.25) is 0 Å². The molecular weight excluding hydrogens is 170 g/mol. The molecule has 0 radical (unpaired) electrons. The summed E-state index contributed by atoms with van der Waals surface area (Å²) in [6.45, 7) is 10.8. The van der Waals surface area contributed by atoms with Crippen LogP contribution in [0.15, 0.2) is 18.2 Å². The third-order valence-electron chi connectivity index (χ3n) is 2.54. The van der Waals surface area contributed by atoms with Gasteiger partial charge in [0.25, 0.3) is 0 Å². The Kier molecular flexibility index (Phi) is 3.01. The normalized spacial score (nSPS) is 14.1. The van der Waals surface area contributed by atoms with E-state index in [1.54, 1.807) is 0 Å². The van der Waals surface area contributed by atoms with Crippen molar-refractivity contribution in [1.29, 1.82) is 0 Å². The maximum Gasteiger partial charge on any atom is 0.0344 e. The molecule has 2 N–H and O–H groups in total. The van der Waals surface area contributed by atoms with Gasteiger partial charge in [-0.25, -0.2) is 0 Å². The second-order valence-electron chi connectivity index (χ2n) is 5.26. The molecule has 0 saturated carbocycles. The van der Waals surface area contributed by atoms with Gasteiger partial charge in [0.15, 0.2) is 0 Å². The fraction of sp³-hybridized carbons (Fsp3) is 0.538. The van der Waals surface area contributed by atoms with Crippen molar-refractivity contribution < 1.29 is 0 Å². The number of benzene rings is 1. The minimum Gasteiger partial charge on any atom is -0.324 e. The summed E-state index contributed by atoms with van der Waals surface area (Å²) in [5, 5.41) is 0. The first kappa shape index (κ1) is 11.3. The van der Waals surface area contributed by atoms with Crippen LogP contribution in [0.4, 0.5) is 0 Å². The predicted octanol–water partition coefficient (Wildman–Crippen LogP) is 3.35. The van der Waals surface area contributed by atoms with Crippen LogP contribution in [0, 0.1) is 19.3 Å². The first-order valence-corrected chi connectivity index (χ1v) is 5.14. The maximum absolute atomic E-state index is 6.21. The third-order valence-corrected chi connectivity index (χ3v) is 2.54. The third kappa shape index (κ3) is 2.58. The highest BCUT2D eigenvalue weighted by atomic mass is 14.7. The molecule has 0 fully saturated rings. The minimum atomic E-state index is 0.112. The molecule has 0 saturated heterocycles. The van der Waals surface area contributed by atoms with Crippen molar-refractivity contribution in [3.05, 3.63) is 34.9 Å². The van der Waals surface area contributed by atoms with Gasteiger partial charge in [-0.15, -0.1) is 0 Å². The largest absolute Gasteiger partial charge is 0.324 e. The Labute approximate surface area is 87.3 Å². The summed E-state index contributed by atoms with van der Waals surface area (Å²) in [5.74, 6) is 0. The average molecular weight is 191 g/mol. The van der Waals surface area contributed by atoms with Gasteiger partial charge in [0.1, 0.15) is 0 Å². The Morgan fingerprint density at radius 3 is 1.79 bits per heavy atom. The SMILES string of the molecule is Cc1cc(C)cc([C@H](N)C(C)(C)C)c1. The standard InChI is InChI=1S/C13H21N/c1-9-6-10(2)8-11(7-9)12(14)13(3,4)5/h6-8,12H,14H2,1-5H3/t12-/m0/s1. The molecular formula is C13H21N. The zero-order valence-electron chi connectivity index (χ0n) is 9.89. The summed E-state index contributed by atoms with van der Waals surface area (Å²) < 4.78 is 0. The van der Waals surface area contributed by atoms with Crippen molar-refractivity contribution in [3.63, 3.8) is 0 Å². The second kappa shape index (κ2) is 3.74. The van der Waals surface area contributed by atoms with Gasteiger partial charge in [0.2, 0.25) is 0 Å². The summed E-state index contributed by atoms with van der Waals surface area (Å²) in [6.07, 6.45) is 0. The number of nitrogens with two attached hydrogens (primary N) is 1. The molecule has 1 aromatic carbocycles. The van der Waals surface area contributed by atoms with Crippen LogP contribution in [-0.4, -0.2) is 0 Å². The van der Waals surface area contributed by atoms with Gasteiger partial charge in [-0.2, -0.15) is 0 Å². The molecule has 1 rings (SSSR count). The molecule has 1 aromatic rings. The lowest BCUT2D eigenvalue weighted by molar-refractivity contribution is 0.327. The van der Waals surface area contributed by atoms with Crippen LogP contribution in [0.5, 0.6) is 0 Å². The molecule has 0 amide bonds. The Hall–Kier alpha value is -0.820. The summed E-state index contributed by atoms with van der Waals surface area (Å²) in [7, 11) is 0. The van der Waals surface area contributed by atoms with Gasteiger partial charge < -0.3 is 5.73 Å². The van der Waals surface area contributed by atoms with E-state index in [-0.39, 0.29) is 11.5 Å². The molecule has 0 aliphatic rings. The van der Waals surface area contributed by atoms with E-state index in [1.165, 1.54) is 16.7 Å². The van der Waals surface area contributed by atoms with E-state index in [9.17, 15) is 0 Å². The number of rotatable bonds is 1. The predicted molar refractivity (Wildman–Crippen MR) is 62.3 cm³/mol. The van der Waals surface area contributed by atoms with Crippen molar-refractivity contribution in [1.82, 2.24) is 0 Å². The molecule has 1 heteroatoms. The Bertz CT molecular complexity index is 300. The van der Waals surface area contributed by atoms with Crippen LogP contribution in [-0.2, 0) is 0 Å². The number of hydrogen-bond acceptors (Lipinski definition) is 1. The Balaban J connectivity index is 3.07. The average Bonchev–Trinajstić information content (AvgIpc) is 1.99. The fourth-order valence-electron chi connectivity index (χ4n) is 1.69. The van der Waals surface area contributed by atoms with Crippen molar-refractivity contribution in [2.75, 3.05) is 0 Å². The van der Waals surface area contributed by atoms with Crippen LogP contribution in [0.1, 0.15) is 43.5 Å². The van der Waals surface area contributed by atoms with Crippen molar-refractivity contribution >= 4 is 0 Å². The van der Waals surface area contributed by atoms with E-state index >= 15 is 0 Å². The Morgan fingerprint density at radius 2 is 1.43 bits per heavy atom. The highest BCUT2D eigenvalue weighted by Crippen LogP contribution is 2.31. The fourth-order valence-corrected chi connectivity index (χ4v) is 1.69. The summed E-state index contributed by atoms with van der Waals surface area (Å²) in [5.41, 5.74) is 10.2. The molecule has 78 valence electrons. The number of hydrogen-bond donors (Lipinski definition) is 1. The van der Waals surface area contributed by atoms with Gasteiger partial charge >= 0.3 is 0 Å². The molecule has 0 heterocycles. The molecule has 1 nitrogen and oxygen atoms in total.